The molecule has 2 heterocycles. The summed E-state index contributed by atoms with van der Waals surface area (Å²) in [5, 5.41) is 4.39. The van der Waals surface area contributed by atoms with Gasteiger partial charge in [-0.3, -0.25) is 9.67 Å². The fourth-order valence-corrected chi connectivity index (χ4v) is 1.79. The quantitative estimate of drug-likeness (QED) is 0.780. The van der Waals surface area contributed by atoms with Crippen molar-refractivity contribution in [2.24, 2.45) is 7.05 Å². The van der Waals surface area contributed by atoms with Gasteiger partial charge in [-0.15, -0.1) is 0 Å². The monoisotopic (exact) mass is 251 g/mol. The van der Waals surface area contributed by atoms with Crippen LogP contribution in [0.2, 0.25) is 0 Å². The van der Waals surface area contributed by atoms with Gasteiger partial charge in [0.2, 0.25) is 0 Å². The summed E-state index contributed by atoms with van der Waals surface area (Å²) in [5.41, 5.74) is 2.89. The molecule has 0 aliphatic rings. The van der Waals surface area contributed by atoms with E-state index in [9.17, 15) is 0 Å². The molecule has 0 N–H and O–H groups in total. The van der Waals surface area contributed by atoms with E-state index in [0.717, 1.165) is 21.6 Å². The van der Waals surface area contributed by atoms with Crippen molar-refractivity contribution < 1.29 is 0 Å². The van der Waals surface area contributed by atoms with Gasteiger partial charge in [0.25, 0.3) is 0 Å². The highest BCUT2D eigenvalue weighted by atomic mass is 79.9. The maximum absolute atomic E-state index is 4.39. The zero-order chi connectivity index (χ0) is 10.1. The molecule has 3 nitrogen and oxygen atoms in total. The van der Waals surface area contributed by atoms with Gasteiger partial charge in [0.15, 0.2) is 0 Å². The fourth-order valence-electron chi connectivity index (χ4n) is 1.25. The molecule has 2 rings (SSSR count). The molecule has 0 saturated heterocycles. The summed E-state index contributed by atoms with van der Waals surface area (Å²) < 4.78 is 2.85. The molecule has 0 unspecified atom stereocenters. The van der Waals surface area contributed by atoms with Gasteiger partial charge in [-0.05, 0) is 35.0 Å². The van der Waals surface area contributed by atoms with Gasteiger partial charge in [-0.25, -0.2) is 0 Å². The first-order valence-corrected chi connectivity index (χ1v) is 5.10. The summed E-state index contributed by atoms with van der Waals surface area (Å²) in [6.45, 7) is 2.02. The molecule has 0 aliphatic carbocycles. The average Bonchev–Trinajstić information content (AvgIpc) is 2.47. The third-order valence-electron chi connectivity index (χ3n) is 2.17. The predicted molar refractivity (Wildman–Crippen MR) is 58.9 cm³/mol. The average molecular weight is 252 g/mol. The minimum Gasteiger partial charge on any atom is -0.271 e. The van der Waals surface area contributed by atoms with Crippen LogP contribution in [0.5, 0.6) is 0 Å². The zero-order valence-electron chi connectivity index (χ0n) is 8.03. The highest BCUT2D eigenvalue weighted by Crippen LogP contribution is 2.27. The first kappa shape index (κ1) is 9.40. The van der Waals surface area contributed by atoms with Crippen molar-refractivity contribution in [3.05, 3.63) is 34.6 Å². The molecule has 2 aromatic rings. The van der Waals surface area contributed by atoms with Crippen LogP contribution >= 0.6 is 15.9 Å². The molecule has 0 aliphatic heterocycles. The number of aryl methyl sites for hydroxylation is 1. The molecule has 0 aromatic carbocycles. The number of pyridine rings is 1. The summed E-state index contributed by atoms with van der Waals surface area (Å²) in [6.07, 6.45) is 1.77. The summed E-state index contributed by atoms with van der Waals surface area (Å²) >= 11 is 3.51. The summed E-state index contributed by atoms with van der Waals surface area (Å²) in [7, 11) is 1.92. The lowest BCUT2D eigenvalue weighted by atomic mass is 10.2. The van der Waals surface area contributed by atoms with Crippen molar-refractivity contribution in [1.29, 1.82) is 0 Å². The third-order valence-corrected chi connectivity index (χ3v) is 3.12. The van der Waals surface area contributed by atoms with Crippen LogP contribution in [0.25, 0.3) is 11.4 Å². The van der Waals surface area contributed by atoms with Crippen LogP contribution in [0.3, 0.4) is 0 Å². The third kappa shape index (κ3) is 1.46. The highest BCUT2D eigenvalue weighted by Gasteiger charge is 2.12. The first-order valence-electron chi connectivity index (χ1n) is 4.30. The van der Waals surface area contributed by atoms with Gasteiger partial charge < -0.3 is 0 Å². The number of nitrogens with zero attached hydrogens (tertiary/aromatic N) is 3. The van der Waals surface area contributed by atoms with Crippen LogP contribution in [0.1, 0.15) is 5.69 Å². The van der Waals surface area contributed by atoms with E-state index < -0.39 is 0 Å². The Hall–Kier alpha value is -1.16. The Kier molecular flexibility index (Phi) is 2.37. The van der Waals surface area contributed by atoms with Crippen LogP contribution in [0.4, 0.5) is 0 Å². The van der Waals surface area contributed by atoms with Crippen LogP contribution < -0.4 is 0 Å². The lowest BCUT2D eigenvalue weighted by Gasteiger charge is -1.94. The topological polar surface area (TPSA) is 30.7 Å². The van der Waals surface area contributed by atoms with E-state index in [4.69, 9.17) is 0 Å². The van der Waals surface area contributed by atoms with Crippen molar-refractivity contribution in [2.75, 3.05) is 0 Å². The van der Waals surface area contributed by atoms with Gasteiger partial charge in [0.05, 0.1) is 10.2 Å². The number of hydrogen-bond acceptors (Lipinski definition) is 2. The van der Waals surface area contributed by atoms with Crippen molar-refractivity contribution in [2.45, 2.75) is 6.92 Å². The van der Waals surface area contributed by atoms with Crippen LogP contribution in [0.15, 0.2) is 28.9 Å². The molecule has 0 bridgehead atoms. The highest BCUT2D eigenvalue weighted by molar-refractivity contribution is 9.10. The largest absolute Gasteiger partial charge is 0.271 e. The number of rotatable bonds is 1. The van der Waals surface area contributed by atoms with Gasteiger partial charge in [0, 0.05) is 18.9 Å². The lowest BCUT2D eigenvalue weighted by molar-refractivity contribution is 0.741. The fraction of sp³-hybridized carbons (Fsp3) is 0.200. The van der Waals surface area contributed by atoms with Gasteiger partial charge in [-0.1, -0.05) is 6.07 Å². The molecular weight excluding hydrogens is 242 g/mol. The molecule has 0 fully saturated rings. The Balaban J connectivity index is 2.58. The molecule has 14 heavy (non-hydrogen) atoms. The van der Waals surface area contributed by atoms with E-state index in [-0.39, 0.29) is 0 Å². The van der Waals surface area contributed by atoms with Gasteiger partial charge in [0.1, 0.15) is 5.69 Å². The van der Waals surface area contributed by atoms with Crippen LogP contribution in [-0.4, -0.2) is 14.8 Å². The van der Waals surface area contributed by atoms with Crippen LogP contribution in [-0.2, 0) is 7.05 Å². The lowest BCUT2D eigenvalue weighted by Crippen LogP contribution is -1.92. The van der Waals surface area contributed by atoms with E-state index in [2.05, 4.69) is 26.0 Å². The molecule has 0 radical (unpaired) electrons. The normalized spacial score (nSPS) is 10.5. The molecule has 72 valence electrons. The van der Waals surface area contributed by atoms with E-state index in [1.807, 2.05) is 36.9 Å². The molecular formula is C10H10BrN3. The summed E-state index contributed by atoms with van der Waals surface area (Å²) in [6, 6.07) is 5.80. The van der Waals surface area contributed by atoms with Gasteiger partial charge >= 0.3 is 0 Å². The summed E-state index contributed by atoms with van der Waals surface area (Å²) in [5.74, 6) is 0. The maximum Gasteiger partial charge on any atom is 0.125 e. The molecule has 0 atom stereocenters. The Morgan fingerprint density at radius 3 is 2.64 bits per heavy atom. The molecule has 4 heteroatoms. The second-order valence-electron chi connectivity index (χ2n) is 3.09. The Labute approximate surface area is 90.9 Å². The first-order chi connectivity index (χ1) is 6.70. The minimum atomic E-state index is 0.892. The minimum absolute atomic E-state index is 0.892. The van der Waals surface area contributed by atoms with E-state index >= 15 is 0 Å². The van der Waals surface area contributed by atoms with E-state index in [0.29, 0.717) is 0 Å². The standard InChI is InChI=1S/C10H10BrN3/c1-7-9(11)10(13-14(7)2)8-5-3-4-6-12-8/h3-6H,1-2H3. The second-order valence-corrected chi connectivity index (χ2v) is 3.88. The van der Waals surface area contributed by atoms with Crippen molar-refractivity contribution in [1.82, 2.24) is 14.8 Å². The Bertz CT molecular complexity index is 448. The van der Waals surface area contributed by atoms with Crippen molar-refractivity contribution in [3.8, 4) is 11.4 Å². The number of hydrogen-bond donors (Lipinski definition) is 0. The summed E-state index contributed by atoms with van der Waals surface area (Å²) in [4.78, 5) is 4.26. The molecule has 0 saturated carbocycles. The number of aromatic nitrogens is 3. The Morgan fingerprint density at radius 2 is 2.14 bits per heavy atom. The number of halogens is 1. The van der Waals surface area contributed by atoms with Crippen molar-refractivity contribution >= 4 is 15.9 Å². The van der Waals surface area contributed by atoms with Crippen LogP contribution in [0, 0.1) is 6.92 Å². The second kappa shape index (κ2) is 3.53. The van der Waals surface area contributed by atoms with E-state index in [1.54, 1.807) is 6.20 Å². The smallest absolute Gasteiger partial charge is 0.125 e. The Morgan fingerprint density at radius 1 is 1.36 bits per heavy atom. The maximum atomic E-state index is 4.39. The SMILES string of the molecule is Cc1c(Br)c(-c2ccccn2)nn1C. The molecule has 0 spiro atoms. The zero-order valence-corrected chi connectivity index (χ0v) is 9.62. The predicted octanol–water partition coefficient (Wildman–Crippen LogP) is 2.55. The van der Waals surface area contributed by atoms with Gasteiger partial charge in [-0.2, -0.15) is 5.10 Å². The molecule has 0 amide bonds. The molecule has 2 aromatic heterocycles. The van der Waals surface area contributed by atoms with Crippen molar-refractivity contribution in [3.63, 3.8) is 0 Å². The van der Waals surface area contributed by atoms with E-state index in [1.165, 1.54) is 0 Å².